The number of hydrogen-bond acceptors (Lipinski definition) is 5. The molecule has 2 rings (SSSR count). The Kier molecular flexibility index (Phi) is 7.28. The molecule has 1 saturated heterocycles. The highest BCUT2D eigenvalue weighted by Gasteiger charge is 2.19. The van der Waals surface area contributed by atoms with Crippen molar-refractivity contribution in [3.63, 3.8) is 0 Å². The van der Waals surface area contributed by atoms with Gasteiger partial charge in [0.25, 0.3) is 0 Å². The van der Waals surface area contributed by atoms with Gasteiger partial charge in [-0.15, -0.1) is 0 Å². The Hall–Kier alpha value is -1.80. The van der Waals surface area contributed by atoms with Crippen molar-refractivity contribution in [1.29, 1.82) is 0 Å². The third kappa shape index (κ3) is 5.88. The molecule has 0 saturated carbocycles. The van der Waals surface area contributed by atoms with Crippen molar-refractivity contribution in [2.45, 2.75) is 19.8 Å². The fourth-order valence-corrected chi connectivity index (χ4v) is 3.92. The van der Waals surface area contributed by atoms with Crippen LogP contribution in [-0.2, 0) is 14.8 Å². The highest BCUT2D eigenvalue weighted by molar-refractivity contribution is 7.92. The van der Waals surface area contributed by atoms with Crippen LogP contribution in [0.3, 0.4) is 0 Å². The minimum Gasteiger partial charge on any atom is -0.369 e. The third-order valence-electron chi connectivity index (χ3n) is 4.52. The van der Waals surface area contributed by atoms with E-state index < -0.39 is 10.0 Å². The van der Waals surface area contributed by atoms with Gasteiger partial charge >= 0.3 is 0 Å². The largest absolute Gasteiger partial charge is 0.369 e. The molecule has 0 unspecified atom stereocenters. The molecule has 1 fully saturated rings. The number of benzene rings is 1. The third-order valence-corrected chi connectivity index (χ3v) is 5.71. The Morgan fingerprint density at radius 3 is 2.31 bits per heavy atom. The van der Waals surface area contributed by atoms with Crippen LogP contribution < -0.4 is 14.5 Å². The number of carbonyl (C=O) groups excluding carboxylic acids is 1. The van der Waals surface area contributed by atoms with Crippen LogP contribution in [0.4, 0.5) is 11.4 Å². The van der Waals surface area contributed by atoms with Gasteiger partial charge < -0.3 is 15.1 Å². The monoisotopic (exact) mass is 382 g/mol. The highest BCUT2D eigenvalue weighted by atomic mass is 32.2. The first kappa shape index (κ1) is 20.5. The molecule has 8 heteroatoms. The summed E-state index contributed by atoms with van der Waals surface area (Å²) in [4.78, 5) is 16.2. The number of rotatable bonds is 8. The van der Waals surface area contributed by atoms with Crippen LogP contribution >= 0.6 is 0 Å². The SMILES string of the molecule is CCCC(=O)NCCN(c1ccc(N2CCN(C)CC2)cc1)S(C)(=O)=O. The van der Waals surface area contributed by atoms with Crippen molar-refractivity contribution in [1.82, 2.24) is 10.2 Å². The lowest BCUT2D eigenvalue weighted by molar-refractivity contribution is -0.121. The standard InChI is InChI=1S/C18H30N4O3S/c1-4-5-18(23)19-10-11-22(26(3,24)25)17-8-6-16(7-9-17)21-14-12-20(2)13-15-21/h6-9H,4-5,10-15H2,1-3H3,(H,19,23). The Balaban J connectivity index is 2.02. The van der Waals surface area contributed by atoms with Crippen LogP contribution in [0, 0.1) is 0 Å². The van der Waals surface area contributed by atoms with Crippen LogP contribution in [0.5, 0.6) is 0 Å². The number of anilines is 2. The number of carbonyl (C=O) groups is 1. The molecule has 0 spiro atoms. The zero-order valence-corrected chi connectivity index (χ0v) is 16.8. The molecule has 1 N–H and O–H groups in total. The second kappa shape index (κ2) is 9.23. The molecule has 1 amide bonds. The second-order valence-electron chi connectivity index (χ2n) is 6.74. The van der Waals surface area contributed by atoms with Crippen molar-refractivity contribution in [3.8, 4) is 0 Å². The quantitative estimate of drug-likeness (QED) is 0.729. The molecular formula is C18H30N4O3S. The van der Waals surface area contributed by atoms with E-state index >= 15 is 0 Å². The minimum absolute atomic E-state index is 0.0497. The molecule has 0 bridgehead atoms. The molecule has 1 aliphatic heterocycles. The second-order valence-corrected chi connectivity index (χ2v) is 8.65. The normalized spacial score (nSPS) is 15.7. The van der Waals surface area contributed by atoms with E-state index in [-0.39, 0.29) is 12.5 Å². The van der Waals surface area contributed by atoms with E-state index in [1.807, 2.05) is 31.2 Å². The van der Waals surface area contributed by atoms with Gasteiger partial charge in [0.15, 0.2) is 0 Å². The van der Waals surface area contributed by atoms with E-state index in [0.29, 0.717) is 18.7 Å². The molecule has 0 radical (unpaired) electrons. The van der Waals surface area contributed by atoms with Gasteiger partial charge in [0, 0.05) is 44.8 Å². The van der Waals surface area contributed by atoms with Gasteiger partial charge in [0.2, 0.25) is 15.9 Å². The van der Waals surface area contributed by atoms with Crippen LogP contribution in [0.15, 0.2) is 24.3 Å². The molecule has 1 heterocycles. The number of hydrogen-bond donors (Lipinski definition) is 1. The van der Waals surface area contributed by atoms with Gasteiger partial charge in [0.05, 0.1) is 18.5 Å². The molecule has 0 aliphatic carbocycles. The van der Waals surface area contributed by atoms with Gasteiger partial charge in [-0.3, -0.25) is 9.10 Å². The fourth-order valence-electron chi connectivity index (χ4n) is 2.99. The van der Waals surface area contributed by atoms with Crippen molar-refractivity contribution in [3.05, 3.63) is 24.3 Å². The molecule has 1 aliphatic rings. The number of amides is 1. The van der Waals surface area contributed by atoms with Crippen LogP contribution in [0.25, 0.3) is 0 Å². The van der Waals surface area contributed by atoms with Gasteiger partial charge in [-0.1, -0.05) is 6.92 Å². The number of nitrogens with zero attached hydrogens (tertiary/aromatic N) is 3. The molecule has 0 aromatic heterocycles. The molecule has 146 valence electrons. The van der Waals surface area contributed by atoms with E-state index in [0.717, 1.165) is 38.3 Å². The Labute approximate surface area is 157 Å². The van der Waals surface area contributed by atoms with Gasteiger partial charge in [-0.25, -0.2) is 8.42 Å². The summed E-state index contributed by atoms with van der Waals surface area (Å²) in [6.45, 7) is 6.44. The van der Waals surface area contributed by atoms with E-state index in [1.54, 1.807) is 0 Å². The molecule has 0 atom stereocenters. The van der Waals surface area contributed by atoms with E-state index in [1.165, 1.54) is 10.6 Å². The summed E-state index contributed by atoms with van der Waals surface area (Å²) >= 11 is 0. The lowest BCUT2D eigenvalue weighted by atomic mass is 10.2. The van der Waals surface area contributed by atoms with Crippen molar-refractivity contribution >= 4 is 27.3 Å². The lowest BCUT2D eigenvalue weighted by Gasteiger charge is -2.34. The lowest BCUT2D eigenvalue weighted by Crippen LogP contribution is -2.44. The predicted octanol–water partition coefficient (Wildman–Crippen LogP) is 1.12. The first-order valence-electron chi connectivity index (χ1n) is 9.09. The summed E-state index contributed by atoms with van der Waals surface area (Å²) in [5.41, 5.74) is 1.72. The van der Waals surface area contributed by atoms with Crippen molar-refractivity contribution < 1.29 is 13.2 Å². The first-order valence-corrected chi connectivity index (χ1v) is 10.9. The summed E-state index contributed by atoms with van der Waals surface area (Å²) in [6, 6.07) is 7.61. The topological polar surface area (TPSA) is 73.0 Å². The number of piperazine rings is 1. The highest BCUT2D eigenvalue weighted by Crippen LogP contribution is 2.23. The molecule has 1 aromatic rings. The summed E-state index contributed by atoms with van der Waals surface area (Å²) in [7, 11) is -1.30. The Morgan fingerprint density at radius 1 is 1.15 bits per heavy atom. The summed E-state index contributed by atoms with van der Waals surface area (Å²) in [5, 5.41) is 2.77. The molecule has 7 nitrogen and oxygen atoms in total. The molecular weight excluding hydrogens is 352 g/mol. The zero-order chi connectivity index (χ0) is 19.2. The molecule has 1 aromatic carbocycles. The van der Waals surface area contributed by atoms with Crippen LogP contribution in [0.1, 0.15) is 19.8 Å². The fraction of sp³-hybridized carbons (Fsp3) is 0.611. The first-order chi connectivity index (χ1) is 12.3. The number of sulfonamides is 1. The average Bonchev–Trinajstić information content (AvgIpc) is 2.59. The van der Waals surface area contributed by atoms with E-state index in [2.05, 4.69) is 22.2 Å². The van der Waals surface area contributed by atoms with Gasteiger partial charge in [-0.05, 0) is 37.7 Å². The number of nitrogens with one attached hydrogen (secondary N) is 1. The summed E-state index contributed by atoms with van der Waals surface area (Å²) in [6.07, 6.45) is 2.42. The summed E-state index contributed by atoms with van der Waals surface area (Å²) in [5.74, 6) is -0.0497. The van der Waals surface area contributed by atoms with Crippen molar-refractivity contribution in [2.75, 3.05) is 61.8 Å². The van der Waals surface area contributed by atoms with Gasteiger partial charge in [-0.2, -0.15) is 0 Å². The Morgan fingerprint density at radius 2 is 1.77 bits per heavy atom. The smallest absolute Gasteiger partial charge is 0.232 e. The van der Waals surface area contributed by atoms with E-state index in [9.17, 15) is 13.2 Å². The van der Waals surface area contributed by atoms with Crippen LogP contribution in [-0.4, -0.2) is 71.8 Å². The summed E-state index contributed by atoms with van der Waals surface area (Å²) < 4.78 is 25.6. The average molecular weight is 383 g/mol. The predicted molar refractivity (Wildman–Crippen MR) is 106 cm³/mol. The van der Waals surface area contributed by atoms with Crippen molar-refractivity contribution in [2.24, 2.45) is 0 Å². The van der Waals surface area contributed by atoms with E-state index in [4.69, 9.17) is 0 Å². The van der Waals surface area contributed by atoms with Gasteiger partial charge in [0.1, 0.15) is 0 Å². The molecule has 26 heavy (non-hydrogen) atoms. The number of likely N-dealkylation sites (N-methyl/N-ethyl adjacent to an activating group) is 1. The maximum absolute atomic E-state index is 12.2. The zero-order valence-electron chi connectivity index (χ0n) is 15.9. The maximum Gasteiger partial charge on any atom is 0.232 e. The minimum atomic E-state index is -3.41. The maximum atomic E-state index is 12.2. The van der Waals surface area contributed by atoms with Crippen LogP contribution in [0.2, 0.25) is 0 Å². The Bertz CT molecular complexity index is 683.